The summed E-state index contributed by atoms with van der Waals surface area (Å²) in [5.74, 6) is 0. The Morgan fingerprint density at radius 2 is 2.22 bits per heavy atom. The van der Waals surface area contributed by atoms with Crippen LogP contribution in [0.25, 0.3) is 10.9 Å². The maximum atomic E-state index is 6.34. The molecular formula is C15H19ClN2. The molecule has 0 aliphatic carbocycles. The van der Waals surface area contributed by atoms with Gasteiger partial charge in [0, 0.05) is 17.6 Å². The molecule has 1 aliphatic rings. The standard InChI is InChI=1S/C15H19ClN2/c1-10-9-18-15-13(10)7-11(8-14(15)16)6-12-4-2-3-5-17-12/h7-9,12,17-18H,2-6H2,1H3. The van der Waals surface area contributed by atoms with E-state index in [1.165, 1.54) is 35.8 Å². The van der Waals surface area contributed by atoms with Crippen molar-refractivity contribution < 1.29 is 0 Å². The van der Waals surface area contributed by atoms with Crippen LogP contribution >= 0.6 is 11.6 Å². The van der Waals surface area contributed by atoms with Crippen LogP contribution in [-0.4, -0.2) is 17.6 Å². The fourth-order valence-corrected chi connectivity index (χ4v) is 3.18. The van der Waals surface area contributed by atoms with Crippen molar-refractivity contribution in [1.29, 1.82) is 0 Å². The third-order valence-corrected chi connectivity index (χ3v) is 4.20. The van der Waals surface area contributed by atoms with Crippen LogP contribution in [0.5, 0.6) is 0 Å². The highest BCUT2D eigenvalue weighted by molar-refractivity contribution is 6.35. The third-order valence-electron chi connectivity index (χ3n) is 3.90. The molecule has 1 fully saturated rings. The lowest BCUT2D eigenvalue weighted by Gasteiger charge is -2.23. The third kappa shape index (κ3) is 2.27. The van der Waals surface area contributed by atoms with E-state index in [9.17, 15) is 0 Å². The number of hydrogen-bond donors (Lipinski definition) is 2. The SMILES string of the molecule is Cc1c[nH]c2c(Cl)cc(CC3CCCCN3)cc12. The fourth-order valence-electron chi connectivity index (χ4n) is 2.88. The van der Waals surface area contributed by atoms with Crippen molar-refractivity contribution in [3.63, 3.8) is 0 Å². The van der Waals surface area contributed by atoms with Gasteiger partial charge in [-0.15, -0.1) is 0 Å². The van der Waals surface area contributed by atoms with Gasteiger partial charge >= 0.3 is 0 Å². The first-order valence-corrected chi connectivity index (χ1v) is 7.11. The van der Waals surface area contributed by atoms with Crippen molar-refractivity contribution >= 4 is 22.5 Å². The highest BCUT2D eigenvalue weighted by atomic mass is 35.5. The van der Waals surface area contributed by atoms with Crippen molar-refractivity contribution in [1.82, 2.24) is 10.3 Å². The topological polar surface area (TPSA) is 27.8 Å². The lowest BCUT2D eigenvalue weighted by atomic mass is 9.97. The fraction of sp³-hybridized carbons (Fsp3) is 0.467. The van der Waals surface area contributed by atoms with Gasteiger partial charge in [0.2, 0.25) is 0 Å². The van der Waals surface area contributed by atoms with Gasteiger partial charge in [0.15, 0.2) is 0 Å². The monoisotopic (exact) mass is 262 g/mol. The Hall–Kier alpha value is -0.990. The molecule has 1 aromatic carbocycles. The molecule has 1 saturated heterocycles. The largest absolute Gasteiger partial charge is 0.360 e. The van der Waals surface area contributed by atoms with Crippen molar-refractivity contribution in [3.8, 4) is 0 Å². The summed E-state index contributed by atoms with van der Waals surface area (Å²) in [4.78, 5) is 3.24. The van der Waals surface area contributed by atoms with Gasteiger partial charge in [-0.25, -0.2) is 0 Å². The Balaban J connectivity index is 1.89. The average molecular weight is 263 g/mol. The van der Waals surface area contributed by atoms with Crippen LogP contribution in [0.15, 0.2) is 18.3 Å². The van der Waals surface area contributed by atoms with Gasteiger partial charge in [0.05, 0.1) is 10.5 Å². The molecule has 1 aliphatic heterocycles. The molecule has 18 heavy (non-hydrogen) atoms. The smallest absolute Gasteiger partial charge is 0.0649 e. The van der Waals surface area contributed by atoms with E-state index in [4.69, 9.17) is 11.6 Å². The number of piperidine rings is 1. The molecule has 2 N–H and O–H groups in total. The van der Waals surface area contributed by atoms with Gasteiger partial charge in [-0.2, -0.15) is 0 Å². The Kier molecular flexibility index (Phi) is 3.31. The number of halogens is 1. The van der Waals surface area contributed by atoms with E-state index in [0.717, 1.165) is 23.5 Å². The molecule has 96 valence electrons. The van der Waals surface area contributed by atoms with Gasteiger partial charge in [-0.1, -0.05) is 18.0 Å². The quantitative estimate of drug-likeness (QED) is 0.846. The molecule has 1 atom stereocenters. The van der Waals surface area contributed by atoms with Crippen LogP contribution in [0, 0.1) is 6.92 Å². The second kappa shape index (κ2) is 4.94. The summed E-state index contributed by atoms with van der Waals surface area (Å²) in [6.07, 6.45) is 7.05. The number of nitrogens with one attached hydrogen (secondary N) is 2. The van der Waals surface area contributed by atoms with Gasteiger partial charge in [-0.05, 0) is 56.0 Å². The van der Waals surface area contributed by atoms with Crippen molar-refractivity contribution in [3.05, 3.63) is 34.5 Å². The Bertz CT molecular complexity index is 553. The number of hydrogen-bond acceptors (Lipinski definition) is 1. The highest BCUT2D eigenvalue weighted by Crippen LogP contribution is 2.28. The van der Waals surface area contributed by atoms with E-state index in [0.29, 0.717) is 6.04 Å². The van der Waals surface area contributed by atoms with Crippen LogP contribution in [0.1, 0.15) is 30.4 Å². The summed E-state index contributed by atoms with van der Waals surface area (Å²) in [7, 11) is 0. The molecule has 0 radical (unpaired) electrons. The normalized spacial score (nSPS) is 20.4. The van der Waals surface area contributed by atoms with Crippen molar-refractivity contribution in [2.24, 2.45) is 0 Å². The predicted octanol–water partition coefficient (Wildman–Crippen LogP) is 3.81. The average Bonchev–Trinajstić information content (AvgIpc) is 2.73. The molecule has 0 spiro atoms. The predicted molar refractivity (Wildman–Crippen MR) is 77.4 cm³/mol. The van der Waals surface area contributed by atoms with Crippen LogP contribution in [0.4, 0.5) is 0 Å². The molecule has 0 saturated carbocycles. The van der Waals surface area contributed by atoms with Crippen molar-refractivity contribution in [2.75, 3.05) is 6.54 Å². The van der Waals surface area contributed by atoms with Crippen LogP contribution < -0.4 is 5.32 Å². The summed E-state index contributed by atoms with van der Waals surface area (Å²) in [6, 6.07) is 5.01. The molecule has 3 rings (SSSR count). The number of aromatic amines is 1. The lowest BCUT2D eigenvalue weighted by Crippen LogP contribution is -2.35. The molecule has 2 aromatic rings. The minimum Gasteiger partial charge on any atom is -0.360 e. The molecule has 0 bridgehead atoms. The van der Waals surface area contributed by atoms with Gasteiger partial charge in [0.1, 0.15) is 0 Å². The summed E-state index contributed by atoms with van der Waals surface area (Å²) in [5.41, 5.74) is 3.68. The zero-order valence-corrected chi connectivity index (χ0v) is 11.5. The summed E-state index contributed by atoms with van der Waals surface area (Å²) >= 11 is 6.34. The molecular weight excluding hydrogens is 244 g/mol. The molecule has 3 heteroatoms. The van der Waals surface area contributed by atoms with E-state index in [2.05, 4.69) is 29.4 Å². The Morgan fingerprint density at radius 1 is 1.33 bits per heavy atom. The Morgan fingerprint density at radius 3 is 3.00 bits per heavy atom. The molecule has 1 unspecified atom stereocenters. The number of rotatable bonds is 2. The molecule has 1 aromatic heterocycles. The zero-order valence-electron chi connectivity index (χ0n) is 10.7. The maximum absolute atomic E-state index is 6.34. The maximum Gasteiger partial charge on any atom is 0.0649 e. The van der Waals surface area contributed by atoms with Gasteiger partial charge in [-0.3, -0.25) is 0 Å². The second-order valence-corrected chi connectivity index (χ2v) is 5.73. The molecule has 0 amide bonds. The van der Waals surface area contributed by atoms with Crippen LogP contribution in [0.2, 0.25) is 5.02 Å². The first kappa shape index (κ1) is 12.1. The van der Waals surface area contributed by atoms with E-state index in [1.807, 2.05) is 6.20 Å². The molecule has 2 nitrogen and oxygen atoms in total. The van der Waals surface area contributed by atoms with Gasteiger partial charge < -0.3 is 10.3 Å². The zero-order chi connectivity index (χ0) is 12.5. The van der Waals surface area contributed by atoms with Crippen LogP contribution in [-0.2, 0) is 6.42 Å². The molecule has 2 heterocycles. The summed E-state index contributed by atoms with van der Waals surface area (Å²) < 4.78 is 0. The number of aromatic nitrogens is 1. The summed E-state index contributed by atoms with van der Waals surface area (Å²) in [6.45, 7) is 3.28. The number of benzene rings is 1. The minimum absolute atomic E-state index is 0.617. The second-order valence-electron chi connectivity index (χ2n) is 5.32. The van der Waals surface area contributed by atoms with Crippen LogP contribution in [0.3, 0.4) is 0 Å². The van der Waals surface area contributed by atoms with E-state index in [-0.39, 0.29) is 0 Å². The number of fused-ring (bicyclic) bond motifs is 1. The number of aryl methyl sites for hydroxylation is 1. The van der Waals surface area contributed by atoms with E-state index < -0.39 is 0 Å². The first-order valence-electron chi connectivity index (χ1n) is 6.73. The highest BCUT2D eigenvalue weighted by Gasteiger charge is 2.14. The summed E-state index contributed by atoms with van der Waals surface area (Å²) in [5, 5.41) is 5.69. The first-order chi connectivity index (χ1) is 8.74. The Labute approximate surface area is 113 Å². The minimum atomic E-state index is 0.617. The van der Waals surface area contributed by atoms with Crippen molar-refractivity contribution in [2.45, 2.75) is 38.6 Å². The number of H-pyrrole nitrogens is 1. The van der Waals surface area contributed by atoms with E-state index in [1.54, 1.807) is 0 Å². The van der Waals surface area contributed by atoms with E-state index >= 15 is 0 Å². The van der Waals surface area contributed by atoms with Gasteiger partial charge in [0.25, 0.3) is 0 Å². The lowest BCUT2D eigenvalue weighted by molar-refractivity contribution is 0.399.